The first kappa shape index (κ1) is 22.9. The molecule has 1 fully saturated rings. The molecule has 8 nitrogen and oxygen atoms in total. The second kappa shape index (κ2) is 9.38. The van der Waals surface area contributed by atoms with E-state index in [1.165, 1.54) is 7.11 Å². The molecule has 0 aliphatic heterocycles. The Morgan fingerprint density at radius 1 is 1.06 bits per heavy atom. The van der Waals surface area contributed by atoms with Gasteiger partial charge < -0.3 is 14.2 Å². The van der Waals surface area contributed by atoms with Crippen LogP contribution >= 0.6 is 0 Å². The molecule has 35 heavy (non-hydrogen) atoms. The van der Waals surface area contributed by atoms with Crippen LogP contribution in [0, 0.1) is 0 Å². The first-order valence-corrected chi connectivity index (χ1v) is 11.6. The van der Waals surface area contributed by atoms with Crippen molar-refractivity contribution in [1.29, 1.82) is 0 Å². The molecule has 0 atom stereocenters. The van der Waals surface area contributed by atoms with Crippen LogP contribution in [-0.4, -0.2) is 44.3 Å². The highest BCUT2D eigenvalue weighted by Gasteiger charge is 2.30. The molecule has 1 aliphatic carbocycles. The molecule has 8 heteroatoms. The van der Waals surface area contributed by atoms with Gasteiger partial charge in [-0.1, -0.05) is 24.3 Å². The summed E-state index contributed by atoms with van der Waals surface area (Å²) in [6.07, 6.45) is 6.14. The predicted octanol–water partition coefficient (Wildman–Crippen LogP) is 4.73. The summed E-state index contributed by atoms with van der Waals surface area (Å²) < 4.78 is 20.5. The number of esters is 1. The molecular weight excluding hydrogens is 444 g/mol. The largest absolute Gasteiger partial charge is 0.490 e. The summed E-state index contributed by atoms with van der Waals surface area (Å²) in [6.45, 7) is 3.51. The second-order valence-electron chi connectivity index (χ2n) is 9.01. The topological polar surface area (TPSA) is 80.4 Å². The Bertz CT molecular complexity index is 1320. The molecule has 0 unspecified atom stereocenters. The van der Waals surface area contributed by atoms with Crippen LogP contribution in [0.3, 0.4) is 0 Å². The number of rotatable bonds is 9. The van der Waals surface area contributed by atoms with Crippen molar-refractivity contribution in [1.82, 2.24) is 19.6 Å². The van der Waals surface area contributed by atoms with Crippen molar-refractivity contribution in [2.45, 2.75) is 45.0 Å². The van der Waals surface area contributed by atoms with E-state index >= 15 is 0 Å². The van der Waals surface area contributed by atoms with Crippen molar-refractivity contribution in [3.63, 3.8) is 0 Å². The first-order valence-electron chi connectivity index (χ1n) is 11.6. The molecule has 180 valence electrons. The summed E-state index contributed by atoms with van der Waals surface area (Å²) in [4.78, 5) is 12.1. The molecule has 1 saturated carbocycles. The van der Waals surface area contributed by atoms with Gasteiger partial charge >= 0.3 is 5.97 Å². The summed E-state index contributed by atoms with van der Waals surface area (Å²) >= 11 is 0. The fraction of sp³-hybridized carbons (Fsp3) is 0.296. The molecule has 5 rings (SSSR count). The third-order valence-electron chi connectivity index (χ3n) is 5.84. The number of hydrogen-bond acceptors (Lipinski definition) is 6. The summed E-state index contributed by atoms with van der Waals surface area (Å²) in [6, 6.07) is 19.8. The maximum atomic E-state index is 12.1. The van der Waals surface area contributed by atoms with Crippen LogP contribution < -0.4 is 4.74 Å². The molecule has 2 aromatic carbocycles. The van der Waals surface area contributed by atoms with E-state index < -0.39 is 11.6 Å². The van der Waals surface area contributed by atoms with Crippen LogP contribution in [0.4, 0.5) is 0 Å². The number of benzene rings is 2. The Kier molecular flexibility index (Phi) is 6.13. The van der Waals surface area contributed by atoms with Crippen molar-refractivity contribution in [2.24, 2.45) is 0 Å². The van der Waals surface area contributed by atoms with Crippen molar-refractivity contribution < 1.29 is 19.0 Å². The van der Waals surface area contributed by atoms with Crippen LogP contribution in [0.15, 0.2) is 73.1 Å². The number of carbonyl (C=O) groups is 1. The predicted molar refractivity (Wildman–Crippen MR) is 131 cm³/mol. The van der Waals surface area contributed by atoms with Crippen molar-refractivity contribution >= 4 is 5.97 Å². The number of hydrogen-bond donors (Lipinski definition) is 0. The van der Waals surface area contributed by atoms with Gasteiger partial charge in [-0.2, -0.15) is 10.2 Å². The molecule has 2 heterocycles. The Morgan fingerprint density at radius 3 is 2.57 bits per heavy atom. The van der Waals surface area contributed by atoms with E-state index in [2.05, 4.69) is 5.10 Å². The monoisotopic (exact) mass is 472 g/mol. The summed E-state index contributed by atoms with van der Waals surface area (Å²) in [7, 11) is 1.35. The maximum absolute atomic E-state index is 12.1. The fourth-order valence-electron chi connectivity index (χ4n) is 3.80. The van der Waals surface area contributed by atoms with Crippen LogP contribution in [0.5, 0.6) is 5.75 Å². The molecule has 0 bridgehead atoms. The minimum Gasteiger partial charge on any atom is -0.490 e. The van der Waals surface area contributed by atoms with E-state index in [0.717, 1.165) is 41.2 Å². The maximum Gasteiger partial charge on any atom is 0.337 e. The Labute approximate surface area is 204 Å². The zero-order valence-corrected chi connectivity index (χ0v) is 20.0. The molecule has 0 N–H and O–H groups in total. The highest BCUT2D eigenvalue weighted by Crippen LogP contribution is 2.32. The molecule has 0 spiro atoms. The molecule has 0 saturated heterocycles. The lowest BCUT2D eigenvalue weighted by atomic mass is 10.1. The zero-order chi connectivity index (χ0) is 24.4. The number of aromatic nitrogens is 4. The van der Waals surface area contributed by atoms with E-state index in [1.807, 2.05) is 76.2 Å². The van der Waals surface area contributed by atoms with Gasteiger partial charge in [0.1, 0.15) is 5.75 Å². The minimum atomic E-state index is -1.09. The standard InChI is InChI=1S/C27H28N4O4/c1-27(2,26(32)33-3)34-18-20-17-25(19-8-6-9-22(16-19)35-21-12-13-21)31(29-20)24-11-5-4-10-23(24)30-15-7-14-28-30/h4-11,14-17,21H,12-13,18H2,1-3H3. The molecule has 2 aromatic heterocycles. The third-order valence-corrected chi connectivity index (χ3v) is 5.84. The lowest BCUT2D eigenvalue weighted by molar-refractivity contribution is -0.166. The smallest absolute Gasteiger partial charge is 0.337 e. The van der Waals surface area contributed by atoms with Gasteiger partial charge in [-0.05, 0) is 63.1 Å². The second-order valence-corrected chi connectivity index (χ2v) is 9.01. The van der Waals surface area contributed by atoms with Gasteiger partial charge in [0.15, 0.2) is 5.60 Å². The van der Waals surface area contributed by atoms with Gasteiger partial charge in [-0.3, -0.25) is 0 Å². The fourth-order valence-corrected chi connectivity index (χ4v) is 3.80. The van der Waals surface area contributed by atoms with Crippen molar-refractivity contribution in [3.8, 4) is 28.4 Å². The third kappa shape index (κ3) is 4.97. The highest BCUT2D eigenvalue weighted by molar-refractivity contribution is 5.78. The van der Waals surface area contributed by atoms with Gasteiger partial charge in [0.2, 0.25) is 0 Å². The van der Waals surface area contributed by atoms with Gasteiger partial charge in [-0.25, -0.2) is 14.2 Å². The van der Waals surface area contributed by atoms with Gasteiger partial charge in [-0.15, -0.1) is 0 Å². The van der Waals surface area contributed by atoms with E-state index in [0.29, 0.717) is 11.8 Å². The Hall–Kier alpha value is -3.91. The average Bonchev–Trinajstić information content (AvgIpc) is 3.34. The van der Waals surface area contributed by atoms with E-state index in [9.17, 15) is 4.79 Å². The minimum absolute atomic E-state index is 0.143. The number of methoxy groups -OCH3 is 1. The van der Waals surface area contributed by atoms with Crippen LogP contribution in [0.25, 0.3) is 22.6 Å². The van der Waals surface area contributed by atoms with Crippen LogP contribution in [-0.2, 0) is 20.9 Å². The number of para-hydroxylation sites is 2. The quantitative estimate of drug-likeness (QED) is 0.328. The molecule has 4 aromatic rings. The SMILES string of the molecule is COC(=O)C(C)(C)OCc1cc(-c2cccc(OC3CC3)c2)n(-c2ccccc2-n2cccn2)n1. The van der Waals surface area contributed by atoms with E-state index in [4.69, 9.17) is 19.3 Å². The zero-order valence-electron chi connectivity index (χ0n) is 20.0. The molecule has 0 amide bonds. The van der Waals surface area contributed by atoms with Gasteiger partial charge in [0.05, 0.1) is 42.6 Å². The number of carbonyl (C=O) groups excluding carboxylic acids is 1. The summed E-state index contributed by atoms with van der Waals surface area (Å²) in [5, 5.41) is 9.29. The normalized spacial score (nSPS) is 13.6. The van der Waals surface area contributed by atoms with E-state index in [1.54, 1.807) is 20.0 Å². The molecular formula is C27H28N4O4. The first-order chi connectivity index (χ1) is 16.9. The van der Waals surface area contributed by atoms with Gasteiger partial charge in [0.25, 0.3) is 0 Å². The van der Waals surface area contributed by atoms with Crippen molar-refractivity contribution in [3.05, 3.63) is 78.8 Å². The Morgan fingerprint density at radius 2 is 1.86 bits per heavy atom. The summed E-state index contributed by atoms with van der Waals surface area (Å²) in [5.41, 5.74) is 3.17. The van der Waals surface area contributed by atoms with Crippen LogP contribution in [0.1, 0.15) is 32.4 Å². The van der Waals surface area contributed by atoms with Crippen molar-refractivity contribution in [2.75, 3.05) is 7.11 Å². The Balaban J connectivity index is 1.56. The molecule has 0 radical (unpaired) electrons. The lowest BCUT2D eigenvalue weighted by Gasteiger charge is -2.21. The molecule has 1 aliphatic rings. The number of ether oxygens (including phenoxy) is 3. The lowest BCUT2D eigenvalue weighted by Crippen LogP contribution is -2.35. The van der Waals surface area contributed by atoms with Crippen LogP contribution in [0.2, 0.25) is 0 Å². The summed E-state index contributed by atoms with van der Waals surface area (Å²) in [5.74, 6) is 0.397. The number of nitrogens with zero attached hydrogens (tertiary/aromatic N) is 4. The van der Waals surface area contributed by atoms with Gasteiger partial charge in [0, 0.05) is 18.0 Å². The average molecular weight is 473 g/mol. The highest BCUT2D eigenvalue weighted by atomic mass is 16.6. The van der Waals surface area contributed by atoms with E-state index in [-0.39, 0.29) is 6.61 Å².